The van der Waals surface area contributed by atoms with Crippen LogP contribution in [0, 0.1) is 0 Å². The van der Waals surface area contributed by atoms with Crippen molar-refractivity contribution in [1.82, 2.24) is 4.90 Å². The molecular formula is C14H13NO3. The zero-order chi connectivity index (χ0) is 13.3. The van der Waals surface area contributed by atoms with Gasteiger partial charge < -0.3 is 0 Å². The minimum Gasteiger partial charge on any atom is -0.295 e. The predicted octanol–water partition coefficient (Wildman–Crippen LogP) is 1.57. The maximum Gasteiger partial charge on any atom is 0.261 e. The predicted molar refractivity (Wildman–Crippen MR) is 65.8 cm³/mol. The van der Waals surface area contributed by atoms with Crippen molar-refractivity contribution < 1.29 is 14.4 Å². The van der Waals surface area contributed by atoms with E-state index in [9.17, 15) is 14.4 Å². The van der Waals surface area contributed by atoms with E-state index in [1.165, 1.54) is 17.9 Å². The lowest BCUT2D eigenvalue weighted by molar-refractivity contribution is -0.133. The molecule has 0 aliphatic carbocycles. The topological polar surface area (TPSA) is 54.5 Å². The van der Waals surface area contributed by atoms with Gasteiger partial charge in [-0.3, -0.25) is 19.3 Å². The van der Waals surface area contributed by atoms with Gasteiger partial charge in [-0.15, -0.1) is 0 Å². The molecule has 4 heteroatoms. The minimum atomic E-state index is -0.383. The molecule has 1 atom stereocenters. The van der Waals surface area contributed by atoms with E-state index in [0.29, 0.717) is 11.1 Å². The number of carbonyl (C=O) groups excluding carboxylic acids is 3. The molecule has 0 bridgehead atoms. The molecule has 1 saturated heterocycles. The first-order chi connectivity index (χ1) is 8.52. The van der Waals surface area contributed by atoms with E-state index >= 15 is 0 Å². The van der Waals surface area contributed by atoms with Crippen LogP contribution in [-0.2, 0) is 9.59 Å². The molecule has 0 N–H and O–H groups in total. The Kier molecular flexibility index (Phi) is 3.10. The fraction of sp³-hybridized carbons (Fsp3) is 0.214. The normalized spacial score (nSPS) is 20.8. The van der Waals surface area contributed by atoms with Crippen molar-refractivity contribution in [3.63, 3.8) is 0 Å². The molecule has 1 aromatic carbocycles. The van der Waals surface area contributed by atoms with Crippen LogP contribution in [0.15, 0.2) is 42.0 Å². The van der Waals surface area contributed by atoms with Gasteiger partial charge in [0.2, 0.25) is 0 Å². The third-order valence-electron chi connectivity index (χ3n) is 2.90. The van der Waals surface area contributed by atoms with Crippen LogP contribution >= 0.6 is 0 Å². The Balaban J connectivity index is 2.21. The van der Waals surface area contributed by atoms with Crippen molar-refractivity contribution in [1.29, 1.82) is 0 Å². The number of amides is 2. The van der Waals surface area contributed by atoms with Gasteiger partial charge in [0, 0.05) is 11.1 Å². The van der Waals surface area contributed by atoms with E-state index in [2.05, 4.69) is 0 Å². The Hall–Kier alpha value is -2.23. The summed E-state index contributed by atoms with van der Waals surface area (Å²) in [5.41, 5.74) is 0.867. The first-order valence-corrected chi connectivity index (χ1v) is 5.67. The highest BCUT2D eigenvalue weighted by molar-refractivity contribution is 6.18. The number of imide groups is 1. The number of β-lactam (4-membered cyclic amide) rings is 1. The summed E-state index contributed by atoms with van der Waals surface area (Å²) in [7, 11) is 0. The van der Waals surface area contributed by atoms with Gasteiger partial charge in [-0.1, -0.05) is 18.2 Å². The summed E-state index contributed by atoms with van der Waals surface area (Å²) in [6.45, 7) is 3.12. The summed E-state index contributed by atoms with van der Waals surface area (Å²) in [5.74, 6) is -0.891. The molecule has 1 heterocycles. The molecule has 0 aromatic heterocycles. The fourth-order valence-electron chi connectivity index (χ4n) is 1.96. The number of hydrogen-bond acceptors (Lipinski definition) is 3. The van der Waals surface area contributed by atoms with E-state index < -0.39 is 0 Å². The van der Waals surface area contributed by atoms with Crippen molar-refractivity contribution in [2.24, 2.45) is 0 Å². The number of likely N-dealkylation sites (tertiary alicyclic amines) is 1. The highest BCUT2D eigenvalue weighted by atomic mass is 16.2. The lowest BCUT2D eigenvalue weighted by Gasteiger charge is -2.38. The van der Waals surface area contributed by atoms with Gasteiger partial charge in [-0.05, 0) is 32.1 Å². The smallest absolute Gasteiger partial charge is 0.261 e. The van der Waals surface area contributed by atoms with Crippen molar-refractivity contribution in [3.8, 4) is 0 Å². The van der Waals surface area contributed by atoms with Crippen LogP contribution in [0.5, 0.6) is 0 Å². The number of carbonyl (C=O) groups is 3. The van der Waals surface area contributed by atoms with Crippen LogP contribution in [0.3, 0.4) is 0 Å². The van der Waals surface area contributed by atoms with Gasteiger partial charge in [0.25, 0.3) is 11.8 Å². The van der Waals surface area contributed by atoms with Crippen molar-refractivity contribution >= 4 is 17.6 Å². The second kappa shape index (κ2) is 4.56. The number of nitrogens with zero attached hydrogens (tertiary/aromatic N) is 1. The molecule has 0 saturated carbocycles. The minimum absolute atomic E-state index is 0.183. The molecule has 1 unspecified atom stereocenters. The van der Waals surface area contributed by atoms with Crippen LogP contribution in [0.2, 0.25) is 0 Å². The lowest BCUT2D eigenvalue weighted by Crippen LogP contribution is -2.56. The highest BCUT2D eigenvalue weighted by Crippen LogP contribution is 2.27. The number of rotatable bonds is 2. The summed E-state index contributed by atoms with van der Waals surface area (Å²) in [6.07, 6.45) is 1.29. The first-order valence-electron chi connectivity index (χ1n) is 5.67. The Labute approximate surface area is 105 Å². The summed E-state index contributed by atoms with van der Waals surface area (Å²) in [6, 6.07) is 8.28. The fourth-order valence-corrected chi connectivity index (χ4v) is 1.96. The van der Waals surface area contributed by atoms with Gasteiger partial charge in [0.15, 0.2) is 5.78 Å². The highest BCUT2D eigenvalue weighted by Gasteiger charge is 2.43. The Morgan fingerprint density at radius 2 is 1.83 bits per heavy atom. The van der Waals surface area contributed by atoms with Gasteiger partial charge >= 0.3 is 0 Å². The SMILES string of the molecule is CC(=O)/C=C1\C(=O)N(C(=O)c2ccccc2)C1C. The van der Waals surface area contributed by atoms with E-state index in [4.69, 9.17) is 0 Å². The molecule has 2 amide bonds. The van der Waals surface area contributed by atoms with Crippen LogP contribution in [0.25, 0.3) is 0 Å². The molecule has 1 aromatic rings. The van der Waals surface area contributed by atoms with Gasteiger partial charge in [0.05, 0.1) is 6.04 Å². The van der Waals surface area contributed by atoms with Crippen LogP contribution in [-0.4, -0.2) is 28.5 Å². The van der Waals surface area contributed by atoms with E-state index in [0.717, 1.165) is 0 Å². The number of allylic oxidation sites excluding steroid dienone is 1. The third-order valence-corrected chi connectivity index (χ3v) is 2.90. The van der Waals surface area contributed by atoms with Gasteiger partial charge in [-0.25, -0.2) is 0 Å². The maximum atomic E-state index is 12.1. The quantitative estimate of drug-likeness (QED) is 0.450. The largest absolute Gasteiger partial charge is 0.295 e. The lowest BCUT2D eigenvalue weighted by atomic mass is 9.93. The molecular weight excluding hydrogens is 230 g/mol. The Morgan fingerprint density at radius 3 is 2.33 bits per heavy atom. The summed E-state index contributed by atoms with van der Waals surface area (Å²) in [4.78, 5) is 36.0. The molecule has 2 rings (SSSR count). The maximum absolute atomic E-state index is 12.1. The summed E-state index contributed by atoms with van der Waals surface area (Å²) in [5, 5.41) is 0. The molecule has 92 valence electrons. The van der Waals surface area contributed by atoms with Crippen molar-refractivity contribution in [3.05, 3.63) is 47.5 Å². The molecule has 1 fully saturated rings. The van der Waals surface area contributed by atoms with Crippen LogP contribution in [0.4, 0.5) is 0 Å². The van der Waals surface area contributed by atoms with Crippen molar-refractivity contribution in [2.75, 3.05) is 0 Å². The van der Waals surface area contributed by atoms with Gasteiger partial charge in [0.1, 0.15) is 0 Å². The monoisotopic (exact) mass is 243 g/mol. The van der Waals surface area contributed by atoms with Crippen LogP contribution < -0.4 is 0 Å². The number of hydrogen-bond donors (Lipinski definition) is 0. The zero-order valence-corrected chi connectivity index (χ0v) is 10.2. The molecule has 1 aliphatic heterocycles. The zero-order valence-electron chi connectivity index (χ0n) is 10.2. The third kappa shape index (κ3) is 1.97. The molecule has 18 heavy (non-hydrogen) atoms. The molecule has 0 spiro atoms. The van der Waals surface area contributed by atoms with Crippen LogP contribution in [0.1, 0.15) is 24.2 Å². The van der Waals surface area contributed by atoms with E-state index in [-0.39, 0.29) is 23.6 Å². The van der Waals surface area contributed by atoms with Gasteiger partial charge in [-0.2, -0.15) is 0 Å². The second-order valence-electron chi connectivity index (χ2n) is 4.23. The number of benzene rings is 1. The average molecular weight is 243 g/mol. The van der Waals surface area contributed by atoms with E-state index in [1.54, 1.807) is 37.3 Å². The molecule has 4 nitrogen and oxygen atoms in total. The van der Waals surface area contributed by atoms with Crippen molar-refractivity contribution in [2.45, 2.75) is 19.9 Å². The Morgan fingerprint density at radius 1 is 1.22 bits per heavy atom. The molecule has 1 aliphatic rings. The Bertz CT molecular complexity index is 545. The standard InChI is InChI=1S/C14H13NO3/c1-9(16)8-12-10(2)15(14(12)18)13(17)11-6-4-3-5-7-11/h3-8,10H,1-2H3/b12-8-. The first kappa shape index (κ1) is 12.2. The summed E-state index contributed by atoms with van der Waals surface area (Å²) < 4.78 is 0. The van der Waals surface area contributed by atoms with E-state index in [1.807, 2.05) is 0 Å². The average Bonchev–Trinajstić information content (AvgIpc) is 2.37. The number of ketones is 1. The summed E-state index contributed by atoms with van der Waals surface area (Å²) >= 11 is 0. The second-order valence-corrected chi connectivity index (χ2v) is 4.23. The molecule has 0 radical (unpaired) electrons.